The summed E-state index contributed by atoms with van der Waals surface area (Å²) in [6, 6.07) is 99.5. The number of nitriles is 5. The molecule has 0 radical (unpaired) electrons. The zero-order valence-corrected chi connectivity index (χ0v) is 87.2. The van der Waals surface area contributed by atoms with Gasteiger partial charge in [-0.15, -0.1) is 0 Å². The predicted octanol–water partition coefficient (Wildman–Crippen LogP) is 37.3. The van der Waals surface area contributed by atoms with Crippen molar-refractivity contribution in [2.24, 2.45) is 0 Å². The molecule has 12 aromatic carbocycles. The molecule has 0 aliphatic carbocycles. The lowest BCUT2D eigenvalue weighted by atomic mass is 9.80. The zero-order valence-electron chi connectivity index (χ0n) is 87.2. The molecule has 0 atom stereocenters. The molecule has 0 aliphatic heterocycles. The van der Waals surface area contributed by atoms with Crippen LogP contribution < -0.4 is 19.6 Å². The molecule has 0 fully saturated rings. The number of allylic oxidation sites excluding steroid dienone is 5. The monoisotopic (exact) mass is 1970 g/mol. The van der Waals surface area contributed by atoms with Crippen LogP contribution in [0.15, 0.2) is 325 Å². The van der Waals surface area contributed by atoms with Crippen LogP contribution in [0.25, 0.3) is 132 Å². The topological polar surface area (TPSA) is 254 Å². The average Bonchev–Trinajstić information content (AvgIpc) is 1.46. The van der Waals surface area contributed by atoms with Crippen LogP contribution in [-0.2, 0) is 21.7 Å². The van der Waals surface area contributed by atoms with Crippen molar-refractivity contribution in [3.05, 3.63) is 425 Å². The molecule has 0 aliphatic rings. The van der Waals surface area contributed by atoms with Gasteiger partial charge < -0.3 is 54.9 Å². The van der Waals surface area contributed by atoms with Gasteiger partial charge in [0.2, 0.25) is 0 Å². The number of aryl methyl sites for hydroxylation is 2. The molecule has 0 bridgehead atoms. The Morgan fingerprint density at radius 3 is 0.847 bits per heavy atom. The summed E-state index contributed by atoms with van der Waals surface area (Å²) < 4.78 is 48.3. The van der Waals surface area contributed by atoms with Gasteiger partial charge in [0.05, 0.1) is 83.9 Å². The minimum absolute atomic E-state index is 0.0267. The number of benzene rings is 12. The van der Waals surface area contributed by atoms with Gasteiger partial charge in [-0.05, 0) is 295 Å². The van der Waals surface area contributed by atoms with Gasteiger partial charge in [-0.25, -0.2) is 40.4 Å². The largest absolute Gasteiger partial charge is 0.454 e. The highest BCUT2D eigenvalue weighted by molar-refractivity contribution is 6.08. The van der Waals surface area contributed by atoms with E-state index in [4.69, 9.17) is 77.4 Å². The zero-order chi connectivity index (χ0) is 107. The third kappa shape index (κ3) is 20.6. The molecule has 736 valence electrons. The quantitative estimate of drug-likeness (QED) is 0.0643. The van der Waals surface area contributed by atoms with E-state index < -0.39 is 0 Å². The Kier molecular flexibility index (Phi) is 28.1. The molecule has 150 heavy (non-hydrogen) atoms. The Morgan fingerprint density at radius 1 is 0.253 bits per heavy atom. The molecule has 0 saturated carbocycles. The van der Waals surface area contributed by atoms with Gasteiger partial charge in [0.25, 0.3) is 22.8 Å². The van der Waals surface area contributed by atoms with Crippen LogP contribution in [0.1, 0.15) is 173 Å². The third-order valence-electron chi connectivity index (χ3n) is 27.2. The number of hydrogen-bond acceptors (Lipinski definition) is 17. The Hall–Kier alpha value is -19.5. The van der Waals surface area contributed by atoms with Crippen molar-refractivity contribution in [2.45, 2.75) is 160 Å². The van der Waals surface area contributed by atoms with Gasteiger partial charge in [-0.3, -0.25) is 0 Å². The summed E-state index contributed by atoms with van der Waals surface area (Å²) in [6.07, 6.45) is 4.27. The maximum absolute atomic E-state index is 9.53. The standard InChI is InChI=1S/C37H37N3O2.C35H30N4O2.C31H25N3O2.C26H15N3O2/c1-22-13-29(14-23(2)24(22)3)40(30-16-25(36(4,5)6)15-26(17-30)37(7,8)9)28-11-12-32-33(19-28)42-34-20-31(41-35(32)34)18-27(21-38)39-10;1-34(2,3)22-8-12-24(13-9-22)39(25-14-10-23(11-15-25)35(4,5)6)26-16-17-27-30(18-26)40-32-19-31(41-33(27)32)28(20-36)29(21-37)38-7;1-18-19(2)21(4)30(22(5)20(18)3)34(24-10-8-7-9-11-24)25-12-13-27-28(15-25)36-29-16-26(35-31(27)29)14-23(17-32)33-6;1-28-18(17-27)14-22-16-25-26(30-22)23-13-12-21(15-24(23)31-25)29(19-8-4-2-5-9-19)20-10-6-3-7-11-20/h11-20H,1-9H3;8-19H,1-6H3;7-16H,1-5H3;2-16H/b27-18-;29-28-;23-14-;18-14-. The molecule has 0 amide bonds. The van der Waals surface area contributed by atoms with Crippen LogP contribution in [0.2, 0.25) is 0 Å². The Bertz CT molecular complexity index is 9020. The molecule has 0 saturated heterocycles. The minimum atomic E-state index is -0.318. The maximum Gasteiger partial charge on any atom is 0.283 e. The van der Waals surface area contributed by atoms with Crippen molar-refractivity contribution in [3.8, 4) is 30.3 Å². The first-order valence-corrected chi connectivity index (χ1v) is 48.9. The molecule has 8 aromatic heterocycles. The van der Waals surface area contributed by atoms with E-state index in [-0.39, 0.29) is 55.8 Å². The van der Waals surface area contributed by atoms with E-state index in [2.05, 4.69) is 311 Å². The van der Waals surface area contributed by atoms with Gasteiger partial charge in [-0.2, -0.15) is 5.26 Å². The van der Waals surface area contributed by atoms with Crippen LogP contribution in [0.3, 0.4) is 0 Å². The van der Waals surface area contributed by atoms with Crippen molar-refractivity contribution in [1.29, 1.82) is 26.3 Å². The van der Waals surface area contributed by atoms with Crippen molar-refractivity contribution in [1.82, 2.24) is 0 Å². The summed E-state index contributed by atoms with van der Waals surface area (Å²) in [5, 5.41) is 49.1. The number of fused-ring (bicyclic) bond motifs is 12. The second kappa shape index (κ2) is 41.3. The molecule has 20 aromatic rings. The maximum atomic E-state index is 9.53. The Morgan fingerprint density at radius 2 is 0.540 bits per heavy atom. The first kappa shape index (κ1) is 102. The molecular formula is C129H107N13O8. The summed E-state index contributed by atoms with van der Waals surface area (Å²) in [5.41, 5.74) is 34.3. The fraction of sp³-hybridized carbons (Fsp3) is 0.186. The Balaban J connectivity index is 0.000000137. The number of rotatable bonds is 16. The van der Waals surface area contributed by atoms with Gasteiger partial charge >= 0.3 is 0 Å². The number of anilines is 12. The summed E-state index contributed by atoms with van der Waals surface area (Å²) in [7, 11) is 0. The summed E-state index contributed by atoms with van der Waals surface area (Å²) in [5.74, 6) is 1.40. The lowest BCUT2D eigenvalue weighted by Crippen LogP contribution is -2.19. The predicted molar refractivity (Wildman–Crippen MR) is 601 cm³/mol. The summed E-state index contributed by atoms with van der Waals surface area (Å²) >= 11 is 0. The highest BCUT2D eigenvalue weighted by Crippen LogP contribution is 2.50. The van der Waals surface area contributed by atoms with Crippen molar-refractivity contribution < 1.29 is 35.3 Å². The lowest BCUT2D eigenvalue weighted by Gasteiger charge is -2.31. The van der Waals surface area contributed by atoms with E-state index in [1.165, 1.54) is 90.7 Å². The number of nitrogens with zero attached hydrogens (tertiary/aromatic N) is 13. The first-order chi connectivity index (χ1) is 71.7. The number of hydrogen-bond donors (Lipinski definition) is 0. The van der Waals surface area contributed by atoms with E-state index in [1.54, 1.807) is 30.3 Å². The van der Waals surface area contributed by atoms with Gasteiger partial charge in [0.1, 0.15) is 50.9 Å². The van der Waals surface area contributed by atoms with Crippen LogP contribution in [0, 0.1) is 138 Å². The highest BCUT2D eigenvalue weighted by atomic mass is 16.4. The molecule has 0 unspecified atom stereocenters. The van der Waals surface area contributed by atoms with E-state index in [9.17, 15) is 10.5 Å². The van der Waals surface area contributed by atoms with Crippen LogP contribution >= 0.6 is 0 Å². The fourth-order valence-electron chi connectivity index (χ4n) is 18.4. The molecule has 0 spiro atoms. The summed E-state index contributed by atoms with van der Waals surface area (Å²) in [4.78, 5) is 21.7. The second-order valence-electron chi connectivity index (χ2n) is 41.2. The van der Waals surface area contributed by atoms with Gasteiger partial charge in [-0.1, -0.05) is 168 Å². The fourth-order valence-corrected chi connectivity index (χ4v) is 18.4. The number of furan rings is 8. The van der Waals surface area contributed by atoms with Crippen molar-refractivity contribution in [2.75, 3.05) is 19.6 Å². The SMILES string of the molecule is [C-]#[N+]/C(C#N)=C(/C#N)c1cc2oc3cc(N(c4ccc(C(C)(C)C)cc4)c4ccc(C(C)(C)C)cc4)ccc3c2o1.[C-]#[N+]/C(C#N)=C\c1cc2oc3cc(N(c4cc(C(C)(C)C)cc(C(C)(C)C)c4)c4cc(C)c(C)c(C)c4)ccc3c2o1.[C-]#[N+]/C(C#N)=C\c1cc2oc3cc(N(c4ccccc4)c4c(C)c(C)c(C)c(C)c4C)ccc3c2o1.[C-]#[N+]/C(C#N)=C\c1cc2oc3cc(N(c4ccccc4)c4ccccc4)ccc3c2o1. The first-order valence-electron chi connectivity index (χ1n) is 48.9. The van der Waals surface area contributed by atoms with E-state index in [1.807, 2.05) is 133 Å². The van der Waals surface area contributed by atoms with Crippen molar-refractivity contribution >= 4 is 181 Å². The summed E-state index contributed by atoms with van der Waals surface area (Å²) in [6.45, 7) is 72.6. The van der Waals surface area contributed by atoms with Crippen LogP contribution in [-0.4, -0.2) is 0 Å². The van der Waals surface area contributed by atoms with Gasteiger partial charge in [0, 0.05) is 111 Å². The minimum Gasteiger partial charge on any atom is -0.454 e. The highest BCUT2D eigenvalue weighted by Gasteiger charge is 2.31. The van der Waals surface area contributed by atoms with Crippen molar-refractivity contribution in [3.63, 3.8) is 0 Å². The van der Waals surface area contributed by atoms with E-state index >= 15 is 0 Å². The average molecular weight is 1970 g/mol. The molecule has 8 heterocycles. The van der Waals surface area contributed by atoms with Gasteiger partial charge in [0.15, 0.2) is 44.7 Å². The molecule has 20 rings (SSSR count). The number of para-hydroxylation sites is 3. The molecule has 21 heteroatoms. The van der Waals surface area contributed by atoms with Crippen LogP contribution in [0.5, 0.6) is 0 Å². The third-order valence-corrected chi connectivity index (χ3v) is 27.2. The van der Waals surface area contributed by atoms with Crippen LogP contribution in [0.4, 0.5) is 68.2 Å². The smallest absolute Gasteiger partial charge is 0.283 e. The molecular weight excluding hydrogens is 1860 g/mol. The normalized spacial score (nSPS) is 12.0. The lowest BCUT2D eigenvalue weighted by molar-refractivity contribution is 0.568. The van der Waals surface area contributed by atoms with E-state index in [0.717, 1.165) is 84.1 Å². The second-order valence-corrected chi connectivity index (χ2v) is 41.2. The van der Waals surface area contributed by atoms with E-state index in [0.29, 0.717) is 84.3 Å². The molecule has 21 nitrogen and oxygen atoms in total. The Labute approximate surface area is 872 Å². The molecule has 0 N–H and O–H groups in total.